The Morgan fingerprint density at radius 3 is 2.91 bits per heavy atom. The molecule has 0 aliphatic carbocycles. The van der Waals surface area contributed by atoms with E-state index in [9.17, 15) is 9.90 Å². The second-order valence-electron chi connectivity index (χ2n) is 6.31. The van der Waals surface area contributed by atoms with E-state index < -0.39 is 0 Å². The van der Waals surface area contributed by atoms with Gasteiger partial charge in [0, 0.05) is 30.3 Å². The van der Waals surface area contributed by atoms with Gasteiger partial charge in [0.05, 0.1) is 19.1 Å². The van der Waals surface area contributed by atoms with Crippen LogP contribution in [0.25, 0.3) is 0 Å². The Morgan fingerprint density at radius 1 is 1.52 bits per heavy atom. The number of nitrogens with two attached hydrogens (primary N) is 1. The number of anilines is 1. The number of hydrogen-bond donors (Lipinski definition) is 3. The highest BCUT2D eigenvalue weighted by molar-refractivity contribution is 5.80. The molecule has 6 heteroatoms. The van der Waals surface area contributed by atoms with E-state index in [2.05, 4.69) is 12.2 Å². The number of aliphatic hydroxyl groups excluding tert-OH is 1. The molecule has 0 saturated carbocycles. The van der Waals surface area contributed by atoms with E-state index >= 15 is 0 Å². The van der Waals surface area contributed by atoms with Crippen molar-refractivity contribution in [3.63, 3.8) is 0 Å². The minimum absolute atomic E-state index is 0.0149. The van der Waals surface area contributed by atoms with Gasteiger partial charge in [-0.15, -0.1) is 0 Å². The van der Waals surface area contributed by atoms with Crippen LogP contribution in [0.4, 0.5) is 5.69 Å². The molecule has 23 heavy (non-hydrogen) atoms. The van der Waals surface area contributed by atoms with Crippen LogP contribution in [0.15, 0.2) is 18.2 Å². The lowest BCUT2D eigenvalue weighted by atomic mass is 10.0. The Bertz CT molecular complexity index is 550. The molecule has 0 bridgehead atoms. The van der Waals surface area contributed by atoms with Gasteiger partial charge in [0.2, 0.25) is 5.91 Å². The molecule has 1 amide bonds. The van der Waals surface area contributed by atoms with Crippen LogP contribution >= 0.6 is 0 Å². The summed E-state index contributed by atoms with van der Waals surface area (Å²) in [4.78, 5) is 14.5. The predicted octanol–water partition coefficient (Wildman–Crippen LogP) is 0.637. The van der Waals surface area contributed by atoms with Gasteiger partial charge >= 0.3 is 0 Å². The number of benzene rings is 1. The van der Waals surface area contributed by atoms with E-state index in [-0.39, 0.29) is 37.0 Å². The smallest absolute Gasteiger partial charge is 0.227 e. The van der Waals surface area contributed by atoms with E-state index in [1.807, 2.05) is 20.0 Å². The molecule has 0 fully saturated rings. The highest BCUT2D eigenvalue weighted by Crippen LogP contribution is 2.27. The zero-order valence-electron chi connectivity index (χ0n) is 14.1. The fourth-order valence-electron chi connectivity index (χ4n) is 2.89. The summed E-state index contributed by atoms with van der Waals surface area (Å²) in [6.07, 6.45) is 0.158. The van der Waals surface area contributed by atoms with Crippen molar-refractivity contribution in [2.45, 2.75) is 32.4 Å². The molecule has 0 unspecified atom stereocenters. The molecule has 0 saturated heterocycles. The van der Waals surface area contributed by atoms with Crippen molar-refractivity contribution in [3.8, 4) is 5.75 Å². The molecular formula is C17H27N3O3. The lowest BCUT2D eigenvalue weighted by molar-refractivity contribution is -0.134. The maximum atomic E-state index is 12.7. The molecule has 0 radical (unpaired) electrons. The van der Waals surface area contributed by atoms with Crippen molar-refractivity contribution in [2.75, 3.05) is 32.5 Å². The van der Waals surface area contributed by atoms with Gasteiger partial charge in [0.15, 0.2) is 0 Å². The SMILES string of the molecule is CNC[C@H]1Oc2ccc(N)cc2CC(=O)N([C@@H](C)CO)C[C@H]1C. The highest BCUT2D eigenvalue weighted by Gasteiger charge is 2.29. The van der Waals surface area contributed by atoms with Gasteiger partial charge in [-0.3, -0.25) is 4.79 Å². The molecule has 0 aromatic heterocycles. The number of carbonyl (C=O) groups is 1. The average molecular weight is 321 g/mol. The zero-order chi connectivity index (χ0) is 17.0. The first kappa shape index (κ1) is 17.6. The lowest BCUT2D eigenvalue weighted by Gasteiger charge is -2.32. The number of aliphatic hydroxyl groups is 1. The van der Waals surface area contributed by atoms with Crippen LogP contribution in [-0.2, 0) is 11.2 Å². The third kappa shape index (κ3) is 4.14. The number of rotatable bonds is 4. The first-order valence-electron chi connectivity index (χ1n) is 8.06. The number of hydrogen-bond acceptors (Lipinski definition) is 5. The fraction of sp³-hybridized carbons (Fsp3) is 0.588. The van der Waals surface area contributed by atoms with Gasteiger partial charge in [-0.2, -0.15) is 0 Å². The van der Waals surface area contributed by atoms with Crippen molar-refractivity contribution in [3.05, 3.63) is 23.8 Å². The van der Waals surface area contributed by atoms with Gasteiger partial charge in [0.25, 0.3) is 0 Å². The number of amides is 1. The Hall–Kier alpha value is -1.79. The summed E-state index contributed by atoms with van der Waals surface area (Å²) in [5.74, 6) is 0.820. The van der Waals surface area contributed by atoms with Gasteiger partial charge in [0.1, 0.15) is 11.9 Å². The molecule has 1 aliphatic rings. The standard InChI is InChI=1S/C17H27N3O3/c1-11-9-20(12(2)10-21)17(22)7-13-6-14(18)4-5-15(13)23-16(11)8-19-3/h4-6,11-12,16,19,21H,7-10,18H2,1-3H3/t11-,12+,16-/m1/s1. The summed E-state index contributed by atoms with van der Waals surface area (Å²) in [6, 6.07) is 5.19. The number of likely N-dealkylation sites (N-methyl/N-ethyl adjacent to an activating group) is 1. The summed E-state index contributed by atoms with van der Waals surface area (Å²) < 4.78 is 6.18. The Labute approximate surface area is 137 Å². The van der Waals surface area contributed by atoms with E-state index in [4.69, 9.17) is 10.5 Å². The van der Waals surface area contributed by atoms with Crippen LogP contribution in [0.1, 0.15) is 19.4 Å². The van der Waals surface area contributed by atoms with Crippen LogP contribution in [0.3, 0.4) is 0 Å². The number of fused-ring (bicyclic) bond motifs is 1. The van der Waals surface area contributed by atoms with E-state index in [0.717, 1.165) is 5.56 Å². The number of nitrogens with one attached hydrogen (secondary N) is 1. The average Bonchev–Trinajstić information content (AvgIpc) is 2.56. The molecule has 128 valence electrons. The highest BCUT2D eigenvalue weighted by atomic mass is 16.5. The monoisotopic (exact) mass is 321 g/mol. The third-order valence-corrected chi connectivity index (χ3v) is 4.35. The van der Waals surface area contributed by atoms with Gasteiger partial charge in [-0.25, -0.2) is 0 Å². The van der Waals surface area contributed by atoms with Gasteiger partial charge in [-0.05, 0) is 32.2 Å². The Kier molecular flexibility index (Phi) is 5.85. The Morgan fingerprint density at radius 2 is 2.26 bits per heavy atom. The molecule has 4 N–H and O–H groups in total. The number of nitrogens with zero attached hydrogens (tertiary/aromatic N) is 1. The molecule has 2 rings (SSSR count). The molecule has 1 aromatic rings. The second-order valence-corrected chi connectivity index (χ2v) is 6.31. The van der Waals surface area contributed by atoms with Crippen LogP contribution in [0, 0.1) is 5.92 Å². The maximum Gasteiger partial charge on any atom is 0.227 e. The fourth-order valence-corrected chi connectivity index (χ4v) is 2.89. The maximum absolute atomic E-state index is 12.7. The topological polar surface area (TPSA) is 87.8 Å². The van der Waals surface area contributed by atoms with E-state index in [0.29, 0.717) is 24.5 Å². The first-order chi connectivity index (χ1) is 11.0. The lowest BCUT2D eigenvalue weighted by Crippen LogP contribution is -2.47. The van der Waals surface area contributed by atoms with Crippen molar-refractivity contribution < 1.29 is 14.6 Å². The minimum atomic E-state index is -0.220. The number of ether oxygens (including phenoxy) is 1. The summed E-state index contributed by atoms with van der Waals surface area (Å²) in [6.45, 7) is 5.10. The van der Waals surface area contributed by atoms with Crippen molar-refractivity contribution in [2.24, 2.45) is 5.92 Å². The van der Waals surface area contributed by atoms with Gasteiger partial charge in [-0.1, -0.05) is 6.92 Å². The molecule has 1 aliphatic heterocycles. The van der Waals surface area contributed by atoms with Crippen LogP contribution in [0.5, 0.6) is 5.75 Å². The zero-order valence-corrected chi connectivity index (χ0v) is 14.1. The molecular weight excluding hydrogens is 294 g/mol. The molecule has 0 spiro atoms. The molecule has 3 atom stereocenters. The summed E-state index contributed by atoms with van der Waals surface area (Å²) in [7, 11) is 1.88. The van der Waals surface area contributed by atoms with Crippen LogP contribution < -0.4 is 15.8 Å². The normalized spacial score (nSPS) is 23.3. The van der Waals surface area contributed by atoms with Crippen molar-refractivity contribution >= 4 is 11.6 Å². The molecule has 1 heterocycles. The second kappa shape index (κ2) is 7.66. The predicted molar refractivity (Wildman–Crippen MR) is 90.3 cm³/mol. The minimum Gasteiger partial charge on any atom is -0.488 e. The number of carbonyl (C=O) groups excluding carboxylic acids is 1. The Balaban J connectivity index is 2.40. The largest absolute Gasteiger partial charge is 0.488 e. The van der Waals surface area contributed by atoms with Gasteiger partial charge < -0.3 is 25.8 Å². The van der Waals surface area contributed by atoms with E-state index in [1.54, 1.807) is 17.0 Å². The van der Waals surface area contributed by atoms with Crippen molar-refractivity contribution in [1.29, 1.82) is 0 Å². The summed E-state index contributed by atoms with van der Waals surface area (Å²) in [5, 5.41) is 12.6. The summed E-state index contributed by atoms with van der Waals surface area (Å²) in [5.41, 5.74) is 7.27. The van der Waals surface area contributed by atoms with Crippen molar-refractivity contribution in [1.82, 2.24) is 10.2 Å². The van der Waals surface area contributed by atoms with E-state index in [1.165, 1.54) is 0 Å². The first-order valence-corrected chi connectivity index (χ1v) is 8.06. The molecule has 6 nitrogen and oxygen atoms in total. The third-order valence-electron chi connectivity index (χ3n) is 4.35. The van der Waals surface area contributed by atoms with Crippen LogP contribution in [-0.4, -0.2) is 54.8 Å². The molecule has 1 aromatic carbocycles. The van der Waals surface area contributed by atoms with Crippen LogP contribution in [0.2, 0.25) is 0 Å². The quantitative estimate of drug-likeness (QED) is 0.708. The number of nitrogen functional groups attached to an aromatic ring is 1. The summed E-state index contributed by atoms with van der Waals surface area (Å²) >= 11 is 0.